The molecule has 5 nitrogen and oxygen atoms in total. The van der Waals surface area contributed by atoms with Crippen molar-refractivity contribution < 1.29 is 14.3 Å². The van der Waals surface area contributed by atoms with E-state index in [0.29, 0.717) is 22.6 Å². The maximum Gasteiger partial charge on any atom is 0.239 e. The molecular weight excluding hydrogens is 304 g/mol. The van der Waals surface area contributed by atoms with Crippen LogP contribution in [0.2, 0.25) is 0 Å². The number of carbonyl (C=O) groups is 2. The summed E-state index contributed by atoms with van der Waals surface area (Å²) in [5.74, 6) is -1.33. The Labute approximate surface area is 139 Å². The third kappa shape index (κ3) is 2.74. The van der Waals surface area contributed by atoms with Gasteiger partial charge in [0.2, 0.25) is 5.91 Å². The Bertz CT molecular complexity index is 851. The van der Waals surface area contributed by atoms with Crippen molar-refractivity contribution in [2.75, 3.05) is 5.32 Å². The number of ether oxygens (including phenoxy) is 1. The molecule has 1 aliphatic rings. The number of benzene rings is 2. The molecule has 0 bridgehead atoms. The lowest BCUT2D eigenvalue weighted by atomic mass is 9.82. The van der Waals surface area contributed by atoms with Crippen molar-refractivity contribution in [3.8, 4) is 11.8 Å². The summed E-state index contributed by atoms with van der Waals surface area (Å²) in [5.41, 5.74) is 0.298. The summed E-state index contributed by atoms with van der Waals surface area (Å²) < 4.78 is 5.72. The minimum atomic E-state index is -1.11. The number of Topliss-reactive ketones (excluding diaryl/α,β-unsaturated/α-hetero) is 1. The Morgan fingerprint density at radius 3 is 2.58 bits per heavy atom. The fraction of sp³-hybridized carbons (Fsp3) is 0.211. The Morgan fingerprint density at radius 1 is 1.21 bits per heavy atom. The van der Waals surface area contributed by atoms with Crippen molar-refractivity contribution in [1.29, 1.82) is 5.26 Å². The average Bonchev–Trinajstić information content (AvgIpc) is 2.56. The summed E-state index contributed by atoms with van der Waals surface area (Å²) in [6, 6.07) is 15.7. The van der Waals surface area contributed by atoms with E-state index in [0.717, 1.165) is 0 Å². The zero-order chi connectivity index (χ0) is 17.3. The van der Waals surface area contributed by atoms with Crippen LogP contribution in [0.15, 0.2) is 48.5 Å². The second-order valence-electron chi connectivity index (χ2n) is 6.13. The number of amides is 1. The van der Waals surface area contributed by atoms with Gasteiger partial charge in [-0.05, 0) is 44.2 Å². The van der Waals surface area contributed by atoms with Crippen LogP contribution in [0.3, 0.4) is 0 Å². The van der Waals surface area contributed by atoms with Gasteiger partial charge in [-0.1, -0.05) is 18.2 Å². The highest BCUT2D eigenvalue weighted by molar-refractivity contribution is 6.15. The summed E-state index contributed by atoms with van der Waals surface area (Å²) in [7, 11) is 0. The standard InChI is InChI=1S/C19H16N2O3/c1-19(2)17(22)16(18(23)21-13-6-4-3-5-7-13)14-10-12(11-20)8-9-15(14)24-19/h3-10,16H,1-2H3,(H,21,23). The lowest BCUT2D eigenvalue weighted by Crippen LogP contribution is -2.48. The van der Waals surface area contributed by atoms with Gasteiger partial charge >= 0.3 is 0 Å². The first-order valence-electron chi connectivity index (χ1n) is 7.55. The molecule has 1 unspecified atom stereocenters. The van der Waals surface area contributed by atoms with Gasteiger partial charge in [-0.2, -0.15) is 5.26 Å². The third-order valence-corrected chi connectivity index (χ3v) is 3.97. The Hall–Kier alpha value is -3.13. The predicted molar refractivity (Wildman–Crippen MR) is 88.7 cm³/mol. The Morgan fingerprint density at radius 2 is 1.92 bits per heavy atom. The molecule has 120 valence electrons. The van der Waals surface area contributed by atoms with Crippen LogP contribution in [0.5, 0.6) is 5.75 Å². The number of para-hydroxylation sites is 1. The molecule has 0 saturated carbocycles. The number of fused-ring (bicyclic) bond motifs is 1. The highest BCUT2D eigenvalue weighted by Gasteiger charge is 2.46. The minimum absolute atomic E-state index is 0.335. The number of hydrogen-bond donors (Lipinski definition) is 1. The fourth-order valence-corrected chi connectivity index (χ4v) is 2.75. The Kier molecular flexibility index (Phi) is 3.82. The summed E-state index contributed by atoms with van der Waals surface area (Å²) in [6.45, 7) is 3.28. The van der Waals surface area contributed by atoms with E-state index >= 15 is 0 Å². The average molecular weight is 320 g/mol. The van der Waals surface area contributed by atoms with Gasteiger partial charge in [-0.25, -0.2) is 0 Å². The zero-order valence-corrected chi connectivity index (χ0v) is 13.4. The first-order valence-corrected chi connectivity index (χ1v) is 7.55. The van der Waals surface area contributed by atoms with Crippen molar-refractivity contribution in [3.63, 3.8) is 0 Å². The van der Waals surface area contributed by atoms with Crippen LogP contribution in [-0.2, 0) is 9.59 Å². The molecule has 0 saturated heterocycles. The van der Waals surface area contributed by atoms with Gasteiger partial charge in [0.1, 0.15) is 11.7 Å². The van der Waals surface area contributed by atoms with Crippen molar-refractivity contribution in [2.45, 2.75) is 25.4 Å². The molecular formula is C19H16N2O3. The maximum atomic E-state index is 12.8. The van der Waals surface area contributed by atoms with Crippen LogP contribution in [0, 0.1) is 11.3 Å². The van der Waals surface area contributed by atoms with E-state index in [1.807, 2.05) is 12.1 Å². The molecule has 0 spiro atoms. The van der Waals surface area contributed by atoms with Gasteiger partial charge < -0.3 is 10.1 Å². The summed E-state index contributed by atoms with van der Waals surface area (Å²) in [6.07, 6.45) is 0. The molecule has 0 aliphatic carbocycles. The van der Waals surface area contributed by atoms with E-state index < -0.39 is 17.4 Å². The third-order valence-electron chi connectivity index (χ3n) is 3.97. The van der Waals surface area contributed by atoms with Crippen molar-refractivity contribution in [3.05, 3.63) is 59.7 Å². The van der Waals surface area contributed by atoms with Crippen LogP contribution >= 0.6 is 0 Å². The number of nitrogens with zero attached hydrogens (tertiary/aromatic N) is 1. The minimum Gasteiger partial charge on any atom is -0.480 e. The van der Waals surface area contributed by atoms with Gasteiger partial charge in [0.15, 0.2) is 11.4 Å². The van der Waals surface area contributed by atoms with Crippen molar-refractivity contribution in [2.24, 2.45) is 0 Å². The maximum absolute atomic E-state index is 12.8. The number of rotatable bonds is 2. The van der Waals surface area contributed by atoms with E-state index in [2.05, 4.69) is 5.32 Å². The first-order chi connectivity index (χ1) is 11.4. The van der Waals surface area contributed by atoms with Crippen LogP contribution in [-0.4, -0.2) is 17.3 Å². The number of nitriles is 1. The van der Waals surface area contributed by atoms with Crippen LogP contribution < -0.4 is 10.1 Å². The molecule has 1 amide bonds. The number of carbonyl (C=O) groups excluding carboxylic acids is 2. The normalized spacial score (nSPS) is 18.0. The topological polar surface area (TPSA) is 79.2 Å². The summed E-state index contributed by atoms with van der Waals surface area (Å²) in [5, 5.41) is 11.9. The summed E-state index contributed by atoms with van der Waals surface area (Å²) >= 11 is 0. The summed E-state index contributed by atoms with van der Waals surface area (Å²) in [4.78, 5) is 25.5. The van der Waals surface area contributed by atoms with E-state index in [-0.39, 0.29) is 5.78 Å². The van der Waals surface area contributed by atoms with Gasteiger partial charge in [0.05, 0.1) is 11.6 Å². The lowest BCUT2D eigenvalue weighted by molar-refractivity contribution is -0.139. The molecule has 0 fully saturated rings. The second-order valence-corrected chi connectivity index (χ2v) is 6.13. The van der Waals surface area contributed by atoms with Gasteiger partial charge in [0, 0.05) is 11.3 Å². The molecule has 1 heterocycles. The molecule has 3 rings (SSSR count). The first kappa shape index (κ1) is 15.8. The molecule has 0 aromatic heterocycles. The number of ketones is 1. The van der Waals surface area contributed by atoms with Gasteiger partial charge in [-0.3, -0.25) is 9.59 Å². The molecule has 0 radical (unpaired) electrons. The van der Waals surface area contributed by atoms with E-state index in [1.54, 1.807) is 50.2 Å². The van der Waals surface area contributed by atoms with Crippen LogP contribution in [0.4, 0.5) is 5.69 Å². The molecule has 2 aromatic rings. The van der Waals surface area contributed by atoms with E-state index in [9.17, 15) is 9.59 Å². The monoisotopic (exact) mass is 320 g/mol. The smallest absolute Gasteiger partial charge is 0.239 e. The zero-order valence-electron chi connectivity index (χ0n) is 13.4. The van der Waals surface area contributed by atoms with Crippen LogP contribution in [0.25, 0.3) is 0 Å². The van der Waals surface area contributed by atoms with Gasteiger partial charge in [-0.15, -0.1) is 0 Å². The molecule has 5 heteroatoms. The highest BCUT2D eigenvalue weighted by atomic mass is 16.5. The molecule has 1 N–H and O–H groups in total. The van der Waals surface area contributed by atoms with E-state index in [4.69, 9.17) is 10.00 Å². The van der Waals surface area contributed by atoms with Crippen molar-refractivity contribution >= 4 is 17.4 Å². The molecule has 1 atom stereocenters. The Balaban J connectivity index is 2.03. The number of nitrogens with one attached hydrogen (secondary N) is 1. The fourth-order valence-electron chi connectivity index (χ4n) is 2.75. The van der Waals surface area contributed by atoms with Gasteiger partial charge in [0.25, 0.3) is 0 Å². The molecule has 1 aliphatic heterocycles. The van der Waals surface area contributed by atoms with Crippen molar-refractivity contribution in [1.82, 2.24) is 0 Å². The second kappa shape index (κ2) is 5.82. The quantitative estimate of drug-likeness (QED) is 0.863. The van der Waals surface area contributed by atoms with Crippen LogP contribution in [0.1, 0.15) is 30.9 Å². The number of hydrogen-bond acceptors (Lipinski definition) is 4. The lowest BCUT2D eigenvalue weighted by Gasteiger charge is -2.35. The largest absolute Gasteiger partial charge is 0.480 e. The highest BCUT2D eigenvalue weighted by Crippen LogP contribution is 2.39. The molecule has 2 aromatic carbocycles. The number of anilines is 1. The molecule has 24 heavy (non-hydrogen) atoms. The van der Waals surface area contributed by atoms with E-state index in [1.165, 1.54) is 6.07 Å². The SMILES string of the molecule is CC1(C)Oc2ccc(C#N)cc2C(C(=O)Nc2ccccc2)C1=O. The predicted octanol–water partition coefficient (Wildman–Crippen LogP) is 3.02.